The molecule has 0 bridgehead atoms. The molecule has 1 rings (SSSR count). The Hall–Kier alpha value is -2.10. The van der Waals surface area contributed by atoms with Gasteiger partial charge in [0.1, 0.15) is 5.82 Å². The molecule has 1 amide bonds. The summed E-state index contributed by atoms with van der Waals surface area (Å²) in [6, 6.07) is 3.27. The molecule has 0 fully saturated rings. The highest BCUT2D eigenvalue weighted by atomic mass is 16.1. The monoisotopic (exact) mass is 245 g/mol. The molecule has 0 aromatic carbocycles. The third-order valence-electron chi connectivity index (χ3n) is 2.34. The summed E-state index contributed by atoms with van der Waals surface area (Å²) in [6.07, 6.45) is 8.52. The number of nitrogens with two attached hydrogens (primary N) is 1. The van der Waals surface area contributed by atoms with Crippen LogP contribution in [0.4, 0.5) is 5.82 Å². The summed E-state index contributed by atoms with van der Waals surface area (Å²) in [6.45, 7) is 4.62. The number of amides is 1. The number of pyridine rings is 1. The van der Waals surface area contributed by atoms with Crippen molar-refractivity contribution in [2.75, 3.05) is 12.3 Å². The lowest BCUT2D eigenvalue weighted by molar-refractivity contribution is 0.0957. The van der Waals surface area contributed by atoms with Crippen molar-refractivity contribution < 1.29 is 4.79 Å². The molecule has 0 atom stereocenters. The maximum atomic E-state index is 11.7. The molecule has 0 aliphatic carbocycles. The van der Waals surface area contributed by atoms with Gasteiger partial charge in [0.2, 0.25) is 0 Å². The highest BCUT2D eigenvalue weighted by Gasteiger charge is 2.03. The van der Waals surface area contributed by atoms with Crippen LogP contribution in [0.2, 0.25) is 0 Å². The lowest BCUT2D eigenvalue weighted by Crippen LogP contribution is -2.23. The molecule has 0 saturated heterocycles. The standard InChI is InChI=1S/C14H19N3O/c1-3-5-11(2)6-4-9-16-14(18)12-7-8-13(15)17-10-12/h4-8,10H,3,9H2,1-2H3,(H2,15,17)(H,16,18)/b6-4-,11-5+. The van der Waals surface area contributed by atoms with Crippen molar-refractivity contribution in [2.24, 2.45) is 0 Å². The van der Waals surface area contributed by atoms with Gasteiger partial charge < -0.3 is 11.1 Å². The summed E-state index contributed by atoms with van der Waals surface area (Å²) < 4.78 is 0. The lowest BCUT2D eigenvalue weighted by atomic mass is 10.2. The van der Waals surface area contributed by atoms with Crippen molar-refractivity contribution in [3.05, 3.63) is 47.7 Å². The molecule has 0 unspecified atom stereocenters. The second kappa shape index (κ2) is 7.27. The van der Waals surface area contributed by atoms with Crippen LogP contribution in [0, 0.1) is 0 Å². The maximum absolute atomic E-state index is 11.7. The Kier molecular flexibility index (Phi) is 5.64. The van der Waals surface area contributed by atoms with Crippen LogP contribution in [-0.4, -0.2) is 17.4 Å². The van der Waals surface area contributed by atoms with Gasteiger partial charge in [-0.15, -0.1) is 0 Å². The maximum Gasteiger partial charge on any atom is 0.253 e. The van der Waals surface area contributed by atoms with E-state index in [1.807, 2.05) is 19.1 Å². The Morgan fingerprint density at radius 2 is 2.28 bits per heavy atom. The minimum Gasteiger partial charge on any atom is -0.384 e. The molecule has 0 aliphatic heterocycles. The number of hydrogen-bond donors (Lipinski definition) is 2. The molecule has 1 aromatic rings. The van der Waals surface area contributed by atoms with Gasteiger partial charge in [0.15, 0.2) is 0 Å². The van der Waals surface area contributed by atoms with Crippen LogP contribution in [0.1, 0.15) is 30.6 Å². The highest BCUT2D eigenvalue weighted by Crippen LogP contribution is 2.01. The number of carbonyl (C=O) groups excluding carboxylic acids is 1. The van der Waals surface area contributed by atoms with Crippen LogP contribution in [0.15, 0.2) is 42.1 Å². The number of aromatic nitrogens is 1. The summed E-state index contributed by atoms with van der Waals surface area (Å²) >= 11 is 0. The van der Waals surface area contributed by atoms with E-state index >= 15 is 0 Å². The zero-order valence-electron chi connectivity index (χ0n) is 10.8. The second-order valence-electron chi connectivity index (χ2n) is 3.94. The number of allylic oxidation sites excluding steroid dienone is 3. The molecule has 1 aromatic heterocycles. The van der Waals surface area contributed by atoms with E-state index in [1.165, 1.54) is 11.8 Å². The Morgan fingerprint density at radius 1 is 1.50 bits per heavy atom. The van der Waals surface area contributed by atoms with Crippen molar-refractivity contribution in [1.29, 1.82) is 0 Å². The Bertz CT molecular complexity index is 447. The number of nitrogens with one attached hydrogen (secondary N) is 1. The Morgan fingerprint density at radius 3 is 2.89 bits per heavy atom. The second-order valence-corrected chi connectivity index (χ2v) is 3.94. The fourth-order valence-corrected chi connectivity index (χ4v) is 1.43. The average molecular weight is 245 g/mol. The quantitative estimate of drug-likeness (QED) is 0.782. The molecule has 96 valence electrons. The van der Waals surface area contributed by atoms with Gasteiger partial charge in [-0.3, -0.25) is 4.79 Å². The predicted molar refractivity (Wildman–Crippen MR) is 74.2 cm³/mol. The van der Waals surface area contributed by atoms with E-state index in [9.17, 15) is 4.79 Å². The first-order valence-electron chi connectivity index (χ1n) is 5.96. The van der Waals surface area contributed by atoms with Crippen molar-refractivity contribution >= 4 is 11.7 Å². The third-order valence-corrected chi connectivity index (χ3v) is 2.34. The minimum absolute atomic E-state index is 0.149. The topological polar surface area (TPSA) is 68.0 Å². The average Bonchev–Trinajstić information content (AvgIpc) is 2.35. The summed E-state index contributed by atoms with van der Waals surface area (Å²) in [5.74, 6) is 0.260. The van der Waals surface area contributed by atoms with E-state index in [1.54, 1.807) is 12.1 Å². The summed E-state index contributed by atoms with van der Waals surface area (Å²) in [5.41, 5.74) is 7.16. The largest absolute Gasteiger partial charge is 0.384 e. The number of carbonyl (C=O) groups is 1. The number of nitrogens with zero attached hydrogens (tertiary/aromatic N) is 1. The molecule has 0 spiro atoms. The number of anilines is 1. The molecule has 0 radical (unpaired) electrons. The van der Waals surface area contributed by atoms with Gasteiger partial charge in [-0.25, -0.2) is 4.98 Å². The van der Waals surface area contributed by atoms with E-state index in [-0.39, 0.29) is 5.91 Å². The molecule has 0 aliphatic rings. The SMILES string of the molecule is CC/C=C(C)/C=C\CNC(=O)c1ccc(N)nc1. The molecule has 4 heteroatoms. The predicted octanol–water partition coefficient (Wildman–Crippen LogP) is 2.31. The van der Waals surface area contributed by atoms with Gasteiger partial charge in [0, 0.05) is 12.7 Å². The summed E-state index contributed by atoms with van der Waals surface area (Å²) in [4.78, 5) is 15.6. The fraction of sp³-hybridized carbons (Fsp3) is 0.286. The van der Waals surface area contributed by atoms with Crippen molar-refractivity contribution in [1.82, 2.24) is 10.3 Å². The van der Waals surface area contributed by atoms with Gasteiger partial charge in [-0.05, 0) is 25.5 Å². The van der Waals surface area contributed by atoms with Crippen LogP contribution >= 0.6 is 0 Å². The zero-order valence-corrected chi connectivity index (χ0v) is 10.8. The zero-order chi connectivity index (χ0) is 13.4. The first kappa shape index (κ1) is 14.0. The van der Waals surface area contributed by atoms with Crippen molar-refractivity contribution in [3.63, 3.8) is 0 Å². The smallest absolute Gasteiger partial charge is 0.253 e. The molecule has 4 nitrogen and oxygen atoms in total. The fourth-order valence-electron chi connectivity index (χ4n) is 1.43. The molecule has 1 heterocycles. The van der Waals surface area contributed by atoms with Crippen molar-refractivity contribution in [2.45, 2.75) is 20.3 Å². The summed E-state index contributed by atoms with van der Waals surface area (Å²) in [7, 11) is 0. The van der Waals surface area contributed by atoms with Crippen molar-refractivity contribution in [3.8, 4) is 0 Å². The van der Waals surface area contributed by atoms with Gasteiger partial charge >= 0.3 is 0 Å². The molecule has 0 saturated carbocycles. The summed E-state index contributed by atoms with van der Waals surface area (Å²) in [5, 5.41) is 2.78. The van der Waals surface area contributed by atoms with E-state index < -0.39 is 0 Å². The first-order valence-corrected chi connectivity index (χ1v) is 5.96. The Balaban J connectivity index is 2.42. The lowest BCUT2D eigenvalue weighted by Gasteiger charge is -2.02. The Labute approximate surface area is 108 Å². The molecular weight excluding hydrogens is 226 g/mol. The molecule has 3 N–H and O–H groups in total. The van der Waals surface area contributed by atoms with Crippen LogP contribution in [0.3, 0.4) is 0 Å². The van der Waals surface area contributed by atoms with E-state index in [0.29, 0.717) is 17.9 Å². The van der Waals surface area contributed by atoms with Gasteiger partial charge in [-0.2, -0.15) is 0 Å². The van der Waals surface area contributed by atoms with E-state index in [2.05, 4.69) is 23.3 Å². The normalized spacial score (nSPS) is 11.8. The first-order chi connectivity index (χ1) is 8.63. The van der Waals surface area contributed by atoms with E-state index in [4.69, 9.17) is 5.73 Å². The van der Waals surface area contributed by atoms with Crippen LogP contribution in [0.5, 0.6) is 0 Å². The van der Waals surface area contributed by atoms with Gasteiger partial charge in [-0.1, -0.05) is 30.7 Å². The van der Waals surface area contributed by atoms with E-state index in [0.717, 1.165) is 6.42 Å². The van der Waals surface area contributed by atoms with Crippen LogP contribution in [-0.2, 0) is 0 Å². The number of nitrogen functional groups attached to an aromatic ring is 1. The number of rotatable bonds is 5. The van der Waals surface area contributed by atoms with Gasteiger partial charge in [0.25, 0.3) is 5.91 Å². The highest BCUT2D eigenvalue weighted by molar-refractivity contribution is 5.94. The molecular formula is C14H19N3O. The van der Waals surface area contributed by atoms with Crippen LogP contribution in [0.25, 0.3) is 0 Å². The minimum atomic E-state index is -0.149. The molecule has 18 heavy (non-hydrogen) atoms. The number of hydrogen-bond acceptors (Lipinski definition) is 3. The third kappa shape index (κ3) is 4.82. The van der Waals surface area contributed by atoms with Crippen LogP contribution < -0.4 is 11.1 Å². The van der Waals surface area contributed by atoms with Gasteiger partial charge in [0.05, 0.1) is 5.56 Å².